The van der Waals surface area contributed by atoms with Crippen LogP contribution in [0.15, 0.2) is 71.7 Å². The highest BCUT2D eigenvalue weighted by molar-refractivity contribution is 5.95. The Labute approximate surface area is 145 Å². The van der Waals surface area contributed by atoms with Crippen molar-refractivity contribution in [3.63, 3.8) is 0 Å². The van der Waals surface area contributed by atoms with Crippen LogP contribution in [0.5, 0.6) is 0 Å². The second-order valence-electron chi connectivity index (χ2n) is 6.06. The predicted octanol–water partition coefficient (Wildman–Crippen LogP) is 2.68. The van der Waals surface area contributed by atoms with Gasteiger partial charge in [-0.15, -0.1) is 0 Å². The van der Waals surface area contributed by atoms with Crippen molar-refractivity contribution in [1.29, 1.82) is 0 Å². The van der Waals surface area contributed by atoms with E-state index in [9.17, 15) is 9.59 Å². The van der Waals surface area contributed by atoms with Gasteiger partial charge in [-0.25, -0.2) is 9.67 Å². The maximum Gasteiger partial charge on any atom is 0.267 e. The van der Waals surface area contributed by atoms with E-state index in [0.29, 0.717) is 11.5 Å². The maximum absolute atomic E-state index is 12.7. The second-order valence-corrected chi connectivity index (χ2v) is 6.06. The van der Waals surface area contributed by atoms with E-state index < -0.39 is 5.54 Å². The van der Waals surface area contributed by atoms with Crippen LogP contribution in [-0.4, -0.2) is 20.7 Å². The molecule has 0 aliphatic heterocycles. The molecule has 0 bridgehead atoms. The molecule has 2 aromatic heterocycles. The normalized spacial score (nSPS) is 11.1. The van der Waals surface area contributed by atoms with Gasteiger partial charge in [-0.05, 0) is 32.0 Å². The van der Waals surface area contributed by atoms with Crippen molar-refractivity contribution < 1.29 is 4.79 Å². The zero-order chi connectivity index (χ0) is 17.9. The Kier molecular flexibility index (Phi) is 4.43. The number of pyridine rings is 1. The molecule has 2 heterocycles. The van der Waals surface area contributed by atoms with Gasteiger partial charge in [-0.1, -0.05) is 36.4 Å². The Morgan fingerprint density at radius 3 is 2.40 bits per heavy atom. The van der Waals surface area contributed by atoms with Gasteiger partial charge < -0.3 is 5.32 Å². The van der Waals surface area contributed by atoms with Crippen molar-refractivity contribution in [2.75, 3.05) is 5.32 Å². The van der Waals surface area contributed by atoms with Gasteiger partial charge in [-0.3, -0.25) is 9.59 Å². The van der Waals surface area contributed by atoms with E-state index >= 15 is 0 Å². The lowest BCUT2D eigenvalue weighted by Gasteiger charge is -2.25. The van der Waals surface area contributed by atoms with Gasteiger partial charge in [0.25, 0.3) is 11.5 Å². The van der Waals surface area contributed by atoms with Crippen LogP contribution in [0, 0.1) is 0 Å². The zero-order valence-electron chi connectivity index (χ0n) is 14.0. The number of carbonyl (C=O) groups excluding carboxylic acids is 1. The van der Waals surface area contributed by atoms with Crippen LogP contribution in [-0.2, 0) is 10.3 Å². The SMILES string of the molecule is CC(C)(C(=O)Nc1ccccn1)n1nc(-c2ccccc2)ccc1=O. The van der Waals surface area contributed by atoms with Crippen LogP contribution in [0.2, 0.25) is 0 Å². The van der Waals surface area contributed by atoms with Crippen molar-refractivity contribution in [2.45, 2.75) is 19.4 Å². The predicted molar refractivity (Wildman–Crippen MR) is 96.1 cm³/mol. The molecule has 0 atom stereocenters. The van der Waals surface area contributed by atoms with Gasteiger partial charge in [0.15, 0.2) is 0 Å². The molecule has 1 N–H and O–H groups in total. The number of hydrogen-bond donors (Lipinski definition) is 1. The lowest BCUT2D eigenvalue weighted by Crippen LogP contribution is -2.47. The van der Waals surface area contributed by atoms with Crippen molar-refractivity contribution in [3.05, 3.63) is 77.2 Å². The van der Waals surface area contributed by atoms with Crippen LogP contribution in [0.25, 0.3) is 11.3 Å². The quantitative estimate of drug-likeness (QED) is 0.796. The molecule has 0 saturated carbocycles. The molecule has 1 amide bonds. The minimum atomic E-state index is -1.18. The minimum Gasteiger partial charge on any atom is -0.309 e. The van der Waals surface area contributed by atoms with E-state index in [1.54, 1.807) is 44.3 Å². The summed E-state index contributed by atoms with van der Waals surface area (Å²) in [5, 5.41) is 7.12. The van der Waals surface area contributed by atoms with E-state index in [1.165, 1.54) is 10.7 Å². The van der Waals surface area contributed by atoms with Crippen LogP contribution in [0.4, 0.5) is 5.82 Å². The number of amides is 1. The molecule has 0 radical (unpaired) electrons. The molecule has 6 heteroatoms. The fourth-order valence-electron chi connectivity index (χ4n) is 2.38. The van der Waals surface area contributed by atoms with Gasteiger partial charge in [0.05, 0.1) is 5.69 Å². The first-order valence-corrected chi connectivity index (χ1v) is 7.87. The van der Waals surface area contributed by atoms with Crippen LogP contribution < -0.4 is 10.9 Å². The van der Waals surface area contributed by atoms with Crippen molar-refractivity contribution in [1.82, 2.24) is 14.8 Å². The Bertz CT molecular complexity index is 934. The molecule has 3 rings (SSSR count). The average molecular weight is 334 g/mol. The molecular weight excluding hydrogens is 316 g/mol. The molecule has 3 aromatic rings. The number of benzene rings is 1. The Morgan fingerprint density at radius 2 is 1.72 bits per heavy atom. The van der Waals surface area contributed by atoms with E-state index in [4.69, 9.17) is 0 Å². The Hall–Kier alpha value is -3.28. The summed E-state index contributed by atoms with van der Waals surface area (Å²) in [4.78, 5) is 29.1. The molecule has 1 aromatic carbocycles. The maximum atomic E-state index is 12.7. The number of aromatic nitrogens is 3. The molecule has 0 unspecified atom stereocenters. The fourth-order valence-corrected chi connectivity index (χ4v) is 2.38. The summed E-state index contributed by atoms with van der Waals surface area (Å²) in [5.74, 6) is 0.0545. The van der Waals surface area contributed by atoms with E-state index in [0.717, 1.165) is 5.56 Å². The van der Waals surface area contributed by atoms with E-state index in [-0.39, 0.29) is 11.5 Å². The first-order chi connectivity index (χ1) is 12.0. The summed E-state index contributed by atoms with van der Waals surface area (Å²) < 4.78 is 1.20. The fraction of sp³-hybridized carbons (Fsp3) is 0.158. The van der Waals surface area contributed by atoms with Gasteiger partial charge in [0, 0.05) is 17.8 Å². The molecule has 25 heavy (non-hydrogen) atoms. The molecule has 6 nitrogen and oxygen atoms in total. The number of hydrogen-bond acceptors (Lipinski definition) is 4. The summed E-state index contributed by atoms with van der Waals surface area (Å²) in [6.45, 7) is 3.29. The van der Waals surface area contributed by atoms with Crippen LogP contribution >= 0.6 is 0 Å². The highest BCUT2D eigenvalue weighted by atomic mass is 16.2. The van der Waals surface area contributed by atoms with Gasteiger partial charge in [0.2, 0.25) is 0 Å². The third kappa shape index (κ3) is 3.47. The first kappa shape index (κ1) is 16.6. The number of nitrogens with one attached hydrogen (secondary N) is 1. The largest absolute Gasteiger partial charge is 0.309 e. The Balaban J connectivity index is 1.96. The monoisotopic (exact) mass is 334 g/mol. The molecule has 0 spiro atoms. The summed E-state index contributed by atoms with van der Waals surface area (Å²) in [7, 11) is 0. The highest BCUT2D eigenvalue weighted by Gasteiger charge is 2.32. The number of nitrogens with zero attached hydrogens (tertiary/aromatic N) is 3. The molecule has 0 saturated heterocycles. The number of carbonyl (C=O) groups is 1. The zero-order valence-corrected chi connectivity index (χ0v) is 14.0. The molecular formula is C19H18N4O2. The van der Waals surface area contributed by atoms with Crippen molar-refractivity contribution >= 4 is 11.7 Å². The lowest BCUT2D eigenvalue weighted by atomic mass is 10.0. The molecule has 126 valence electrons. The Morgan fingerprint density at radius 1 is 1.00 bits per heavy atom. The molecule has 0 fully saturated rings. The second kappa shape index (κ2) is 6.68. The molecule has 0 aliphatic carbocycles. The summed E-state index contributed by atoms with van der Waals surface area (Å²) in [6.07, 6.45) is 1.59. The van der Waals surface area contributed by atoms with Gasteiger partial charge in [0.1, 0.15) is 11.4 Å². The van der Waals surface area contributed by atoms with E-state index in [2.05, 4.69) is 15.4 Å². The molecule has 0 aliphatic rings. The van der Waals surface area contributed by atoms with Gasteiger partial charge >= 0.3 is 0 Å². The lowest BCUT2D eigenvalue weighted by molar-refractivity contribution is -0.123. The summed E-state index contributed by atoms with van der Waals surface area (Å²) in [5.41, 5.74) is -0.0312. The van der Waals surface area contributed by atoms with Crippen molar-refractivity contribution in [2.24, 2.45) is 0 Å². The third-order valence-corrected chi connectivity index (χ3v) is 3.86. The van der Waals surface area contributed by atoms with Crippen LogP contribution in [0.1, 0.15) is 13.8 Å². The highest BCUT2D eigenvalue weighted by Crippen LogP contribution is 2.19. The number of anilines is 1. The summed E-state index contributed by atoms with van der Waals surface area (Å²) >= 11 is 0. The first-order valence-electron chi connectivity index (χ1n) is 7.87. The average Bonchev–Trinajstić information content (AvgIpc) is 2.63. The standard InChI is InChI=1S/C19H18N4O2/c1-19(2,18(25)21-16-10-6-7-13-20-16)23-17(24)12-11-15(22-23)14-8-4-3-5-9-14/h3-13H,1-2H3,(H,20,21,25). The third-order valence-electron chi connectivity index (χ3n) is 3.86. The topological polar surface area (TPSA) is 76.9 Å². The number of rotatable bonds is 4. The summed E-state index contributed by atoms with van der Waals surface area (Å²) in [6, 6.07) is 17.8. The minimum absolute atomic E-state index is 0.346. The van der Waals surface area contributed by atoms with Crippen molar-refractivity contribution in [3.8, 4) is 11.3 Å². The van der Waals surface area contributed by atoms with Crippen LogP contribution in [0.3, 0.4) is 0 Å². The van der Waals surface area contributed by atoms with E-state index in [1.807, 2.05) is 30.3 Å². The van der Waals surface area contributed by atoms with Gasteiger partial charge in [-0.2, -0.15) is 5.10 Å². The smallest absolute Gasteiger partial charge is 0.267 e.